The van der Waals surface area contributed by atoms with Crippen LogP contribution in [0, 0.1) is 11.3 Å². The molecule has 0 saturated heterocycles. The van der Waals surface area contributed by atoms with Crippen LogP contribution in [-0.2, 0) is 4.74 Å². The average molecular weight is 243 g/mol. The summed E-state index contributed by atoms with van der Waals surface area (Å²) in [5.74, 6) is 0.635. The number of rotatable bonds is 8. The number of hydrogen-bond donors (Lipinski definition) is 1. The van der Waals surface area contributed by atoms with Crippen molar-refractivity contribution in [2.45, 2.75) is 66.8 Å². The second-order valence-corrected chi connectivity index (χ2v) is 6.99. The van der Waals surface area contributed by atoms with Crippen molar-refractivity contribution in [2.24, 2.45) is 11.3 Å². The summed E-state index contributed by atoms with van der Waals surface area (Å²) in [7, 11) is 0. The quantitative estimate of drug-likeness (QED) is 0.654. The molecule has 0 amide bonds. The first-order valence-corrected chi connectivity index (χ1v) is 7.01. The van der Waals surface area contributed by atoms with Gasteiger partial charge in [-0.3, -0.25) is 0 Å². The highest BCUT2D eigenvalue weighted by molar-refractivity contribution is 4.80. The van der Waals surface area contributed by atoms with Gasteiger partial charge in [-0.15, -0.1) is 0 Å². The molecule has 0 bridgehead atoms. The minimum absolute atomic E-state index is 0.204. The highest BCUT2D eigenvalue weighted by Crippen LogP contribution is 2.25. The van der Waals surface area contributed by atoms with Crippen LogP contribution in [0.2, 0.25) is 0 Å². The summed E-state index contributed by atoms with van der Waals surface area (Å²) >= 11 is 0. The molecule has 104 valence electrons. The summed E-state index contributed by atoms with van der Waals surface area (Å²) in [5.41, 5.74) is 0.555. The predicted octanol–water partition coefficient (Wildman–Crippen LogP) is 3.85. The highest BCUT2D eigenvalue weighted by atomic mass is 16.5. The summed E-state index contributed by atoms with van der Waals surface area (Å²) < 4.78 is 5.70. The largest absolute Gasteiger partial charge is 0.381 e. The van der Waals surface area contributed by atoms with E-state index < -0.39 is 0 Å². The van der Waals surface area contributed by atoms with Gasteiger partial charge in [-0.05, 0) is 44.9 Å². The molecule has 0 aliphatic heterocycles. The van der Waals surface area contributed by atoms with Crippen molar-refractivity contribution in [3.8, 4) is 0 Å². The SMILES string of the molecule is CCC(C)(CCOCC(C)C)CNC(C)(C)C. The lowest BCUT2D eigenvalue weighted by atomic mass is 9.83. The van der Waals surface area contributed by atoms with Crippen molar-refractivity contribution >= 4 is 0 Å². The van der Waals surface area contributed by atoms with Gasteiger partial charge in [0.2, 0.25) is 0 Å². The first-order chi connectivity index (χ1) is 7.68. The number of hydrogen-bond acceptors (Lipinski definition) is 2. The maximum atomic E-state index is 5.70. The third kappa shape index (κ3) is 9.61. The van der Waals surface area contributed by atoms with Crippen LogP contribution in [0.5, 0.6) is 0 Å². The lowest BCUT2D eigenvalue weighted by molar-refractivity contribution is 0.0770. The van der Waals surface area contributed by atoms with Gasteiger partial charge in [-0.25, -0.2) is 0 Å². The summed E-state index contributed by atoms with van der Waals surface area (Å²) in [6, 6.07) is 0. The Kier molecular flexibility index (Phi) is 7.34. The van der Waals surface area contributed by atoms with E-state index >= 15 is 0 Å². The van der Waals surface area contributed by atoms with E-state index in [-0.39, 0.29) is 5.54 Å². The Balaban J connectivity index is 3.93. The first kappa shape index (κ1) is 16.9. The lowest BCUT2D eigenvalue weighted by Gasteiger charge is -2.33. The zero-order valence-electron chi connectivity index (χ0n) is 13.0. The van der Waals surface area contributed by atoms with E-state index in [0.717, 1.165) is 26.2 Å². The third-order valence-electron chi connectivity index (χ3n) is 3.20. The Morgan fingerprint density at radius 2 is 1.71 bits per heavy atom. The molecule has 0 fully saturated rings. The normalized spacial score (nSPS) is 16.2. The van der Waals surface area contributed by atoms with E-state index in [9.17, 15) is 0 Å². The van der Waals surface area contributed by atoms with Gasteiger partial charge in [0.1, 0.15) is 0 Å². The summed E-state index contributed by atoms with van der Waals surface area (Å²) in [6.07, 6.45) is 2.33. The molecule has 0 aliphatic rings. The topological polar surface area (TPSA) is 21.3 Å². The molecule has 0 aliphatic carbocycles. The number of nitrogens with one attached hydrogen (secondary N) is 1. The summed E-state index contributed by atoms with van der Waals surface area (Å²) in [4.78, 5) is 0. The molecule has 0 aromatic carbocycles. The maximum Gasteiger partial charge on any atom is 0.0488 e. The van der Waals surface area contributed by atoms with Crippen LogP contribution in [0.25, 0.3) is 0 Å². The van der Waals surface area contributed by atoms with Gasteiger partial charge < -0.3 is 10.1 Å². The van der Waals surface area contributed by atoms with Gasteiger partial charge in [0.05, 0.1) is 0 Å². The molecule has 1 unspecified atom stereocenters. The van der Waals surface area contributed by atoms with Crippen LogP contribution in [0.1, 0.15) is 61.3 Å². The lowest BCUT2D eigenvalue weighted by Crippen LogP contribution is -2.43. The van der Waals surface area contributed by atoms with Crippen LogP contribution < -0.4 is 5.32 Å². The van der Waals surface area contributed by atoms with Crippen LogP contribution in [0.15, 0.2) is 0 Å². The maximum absolute atomic E-state index is 5.70. The Morgan fingerprint density at radius 1 is 1.12 bits per heavy atom. The second-order valence-electron chi connectivity index (χ2n) is 6.99. The van der Waals surface area contributed by atoms with Crippen LogP contribution in [-0.4, -0.2) is 25.3 Å². The molecule has 1 N–H and O–H groups in total. The van der Waals surface area contributed by atoms with Crippen molar-refractivity contribution in [3.05, 3.63) is 0 Å². The molecule has 0 rings (SSSR count). The molecule has 0 radical (unpaired) electrons. The molecule has 2 heteroatoms. The zero-order valence-corrected chi connectivity index (χ0v) is 13.0. The van der Waals surface area contributed by atoms with Crippen molar-refractivity contribution in [1.29, 1.82) is 0 Å². The Hall–Kier alpha value is -0.0800. The van der Waals surface area contributed by atoms with Gasteiger partial charge in [-0.2, -0.15) is 0 Å². The van der Waals surface area contributed by atoms with Crippen molar-refractivity contribution < 1.29 is 4.74 Å². The highest BCUT2D eigenvalue weighted by Gasteiger charge is 2.23. The smallest absolute Gasteiger partial charge is 0.0488 e. The molecule has 0 heterocycles. The third-order valence-corrected chi connectivity index (χ3v) is 3.20. The molecule has 0 aromatic rings. The van der Waals surface area contributed by atoms with E-state index in [0.29, 0.717) is 11.3 Å². The van der Waals surface area contributed by atoms with Gasteiger partial charge in [0.25, 0.3) is 0 Å². The van der Waals surface area contributed by atoms with Crippen LogP contribution in [0.3, 0.4) is 0 Å². The average Bonchev–Trinajstić information content (AvgIpc) is 2.20. The molecule has 1 atom stereocenters. The van der Waals surface area contributed by atoms with Gasteiger partial charge in [0, 0.05) is 25.3 Å². The van der Waals surface area contributed by atoms with Crippen molar-refractivity contribution in [2.75, 3.05) is 19.8 Å². The van der Waals surface area contributed by atoms with Crippen molar-refractivity contribution in [3.63, 3.8) is 0 Å². The van der Waals surface area contributed by atoms with Crippen molar-refractivity contribution in [1.82, 2.24) is 5.32 Å². The van der Waals surface area contributed by atoms with E-state index in [1.165, 1.54) is 6.42 Å². The Labute approximate surface area is 109 Å². The molecule has 0 saturated carbocycles. The van der Waals surface area contributed by atoms with Gasteiger partial charge in [0.15, 0.2) is 0 Å². The summed E-state index contributed by atoms with van der Waals surface area (Å²) in [5, 5.41) is 3.61. The first-order valence-electron chi connectivity index (χ1n) is 7.01. The fraction of sp³-hybridized carbons (Fsp3) is 1.00. The molecular formula is C15H33NO. The molecule has 17 heavy (non-hydrogen) atoms. The van der Waals surface area contributed by atoms with E-state index in [4.69, 9.17) is 4.74 Å². The molecule has 0 spiro atoms. The Bertz CT molecular complexity index is 196. The van der Waals surface area contributed by atoms with E-state index in [2.05, 4.69) is 53.8 Å². The predicted molar refractivity (Wildman–Crippen MR) is 76.4 cm³/mol. The van der Waals surface area contributed by atoms with Gasteiger partial charge >= 0.3 is 0 Å². The standard InChI is InChI=1S/C15H33NO/c1-8-15(7,12-16-14(4,5)6)9-10-17-11-13(2)3/h13,16H,8-12H2,1-7H3. The van der Waals surface area contributed by atoms with Gasteiger partial charge in [-0.1, -0.05) is 27.7 Å². The molecule has 0 aromatic heterocycles. The summed E-state index contributed by atoms with van der Waals surface area (Å²) in [6.45, 7) is 18.5. The number of ether oxygens (including phenoxy) is 1. The second kappa shape index (κ2) is 7.38. The van der Waals surface area contributed by atoms with E-state index in [1.54, 1.807) is 0 Å². The molecular weight excluding hydrogens is 210 g/mol. The Morgan fingerprint density at radius 3 is 2.12 bits per heavy atom. The minimum Gasteiger partial charge on any atom is -0.381 e. The monoisotopic (exact) mass is 243 g/mol. The molecule has 2 nitrogen and oxygen atoms in total. The van der Waals surface area contributed by atoms with Crippen LogP contribution >= 0.6 is 0 Å². The fourth-order valence-electron chi connectivity index (χ4n) is 1.51. The minimum atomic E-state index is 0.204. The van der Waals surface area contributed by atoms with Crippen LogP contribution in [0.4, 0.5) is 0 Å². The van der Waals surface area contributed by atoms with E-state index in [1.807, 2.05) is 0 Å². The fourth-order valence-corrected chi connectivity index (χ4v) is 1.51. The zero-order chi connectivity index (χ0) is 13.5.